The Bertz CT molecular complexity index is 251. The summed E-state index contributed by atoms with van der Waals surface area (Å²) in [5.41, 5.74) is 0. The lowest BCUT2D eigenvalue weighted by molar-refractivity contribution is -0.140. The molecule has 0 aromatic rings. The van der Waals surface area contributed by atoms with Gasteiger partial charge in [0.15, 0.2) is 0 Å². The van der Waals surface area contributed by atoms with Gasteiger partial charge in [0.2, 0.25) is 0 Å². The summed E-state index contributed by atoms with van der Waals surface area (Å²) in [5.74, 6) is -0.585. The number of carbonyl (C=O) groups is 1. The van der Waals surface area contributed by atoms with Crippen LogP contribution in [0.5, 0.6) is 0 Å². The third-order valence-electron chi connectivity index (χ3n) is 1.34. The summed E-state index contributed by atoms with van der Waals surface area (Å²) < 4.78 is 26.4. The SMILES string of the molecule is C=CCOP(=O)(CC(=O)OCC)OCC. The fourth-order valence-electron chi connectivity index (χ4n) is 0.856. The van der Waals surface area contributed by atoms with Crippen molar-refractivity contribution in [2.24, 2.45) is 0 Å². The average molecular weight is 236 g/mol. The van der Waals surface area contributed by atoms with E-state index < -0.39 is 13.6 Å². The summed E-state index contributed by atoms with van der Waals surface area (Å²) >= 11 is 0. The second-order valence-corrected chi connectivity index (χ2v) is 4.63. The maximum Gasteiger partial charge on any atom is 0.342 e. The third kappa shape index (κ3) is 6.44. The van der Waals surface area contributed by atoms with Gasteiger partial charge in [-0.1, -0.05) is 6.08 Å². The Morgan fingerprint density at radius 3 is 2.47 bits per heavy atom. The van der Waals surface area contributed by atoms with Crippen LogP contribution in [-0.4, -0.2) is 32.0 Å². The lowest BCUT2D eigenvalue weighted by Crippen LogP contribution is -2.13. The Kier molecular flexibility index (Phi) is 7.30. The Morgan fingerprint density at radius 1 is 1.33 bits per heavy atom. The second kappa shape index (κ2) is 7.63. The second-order valence-electron chi connectivity index (χ2n) is 2.58. The van der Waals surface area contributed by atoms with Crippen molar-refractivity contribution in [3.63, 3.8) is 0 Å². The molecule has 1 unspecified atom stereocenters. The van der Waals surface area contributed by atoms with E-state index in [1.807, 2.05) is 0 Å². The predicted octanol–water partition coefficient (Wildman–Crippen LogP) is 1.98. The Hall–Kier alpha value is -0.640. The van der Waals surface area contributed by atoms with Crippen LogP contribution in [0.4, 0.5) is 0 Å². The van der Waals surface area contributed by atoms with Crippen LogP contribution < -0.4 is 0 Å². The minimum absolute atomic E-state index is 0.0800. The van der Waals surface area contributed by atoms with Crippen molar-refractivity contribution >= 4 is 13.6 Å². The van der Waals surface area contributed by atoms with E-state index in [-0.39, 0.29) is 26.0 Å². The number of hydrogen-bond donors (Lipinski definition) is 0. The van der Waals surface area contributed by atoms with Crippen molar-refractivity contribution in [3.05, 3.63) is 12.7 Å². The molecule has 6 heteroatoms. The summed E-state index contributed by atoms with van der Waals surface area (Å²) in [5, 5.41) is 0. The molecule has 0 aliphatic carbocycles. The number of hydrogen-bond acceptors (Lipinski definition) is 5. The Labute approximate surface area is 89.9 Å². The van der Waals surface area contributed by atoms with Gasteiger partial charge in [-0.3, -0.25) is 9.36 Å². The van der Waals surface area contributed by atoms with Crippen LogP contribution in [0, 0.1) is 0 Å². The van der Waals surface area contributed by atoms with Crippen molar-refractivity contribution < 1.29 is 23.1 Å². The summed E-state index contributed by atoms with van der Waals surface area (Å²) in [6, 6.07) is 0. The van der Waals surface area contributed by atoms with Gasteiger partial charge in [0.1, 0.15) is 6.16 Å². The quantitative estimate of drug-likeness (QED) is 0.366. The van der Waals surface area contributed by atoms with Gasteiger partial charge in [-0.25, -0.2) is 0 Å². The fourth-order valence-corrected chi connectivity index (χ4v) is 2.25. The summed E-state index contributed by atoms with van der Waals surface area (Å²) in [4.78, 5) is 11.1. The van der Waals surface area contributed by atoms with Gasteiger partial charge in [0, 0.05) is 0 Å². The van der Waals surface area contributed by atoms with E-state index in [0.717, 1.165) is 0 Å². The molecule has 0 N–H and O–H groups in total. The smallest absolute Gasteiger partial charge is 0.342 e. The predicted molar refractivity (Wildman–Crippen MR) is 56.9 cm³/mol. The molecule has 0 fully saturated rings. The highest BCUT2D eigenvalue weighted by atomic mass is 31.2. The zero-order valence-corrected chi connectivity index (χ0v) is 10.00. The molecule has 15 heavy (non-hydrogen) atoms. The van der Waals surface area contributed by atoms with Crippen molar-refractivity contribution in [2.75, 3.05) is 26.0 Å². The Morgan fingerprint density at radius 2 is 2.00 bits per heavy atom. The monoisotopic (exact) mass is 236 g/mol. The van der Waals surface area contributed by atoms with Crippen LogP contribution in [-0.2, 0) is 23.1 Å². The molecular formula is C9H17O5P. The normalized spacial score (nSPS) is 14.3. The first-order valence-corrected chi connectivity index (χ1v) is 6.45. The van der Waals surface area contributed by atoms with Crippen LogP contribution in [0.15, 0.2) is 12.7 Å². The number of ether oxygens (including phenoxy) is 1. The molecule has 0 radical (unpaired) electrons. The van der Waals surface area contributed by atoms with E-state index in [4.69, 9.17) is 9.05 Å². The van der Waals surface area contributed by atoms with Gasteiger partial charge in [-0.15, -0.1) is 6.58 Å². The van der Waals surface area contributed by atoms with Gasteiger partial charge in [0.05, 0.1) is 19.8 Å². The minimum atomic E-state index is -3.37. The molecule has 0 aromatic heterocycles. The van der Waals surface area contributed by atoms with Gasteiger partial charge >= 0.3 is 13.6 Å². The molecule has 0 amide bonds. The molecule has 0 aliphatic rings. The van der Waals surface area contributed by atoms with Crippen LogP contribution in [0.2, 0.25) is 0 Å². The van der Waals surface area contributed by atoms with Gasteiger partial charge in [-0.2, -0.15) is 0 Å². The van der Waals surface area contributed by atoms with Crippen LogP contribution in [0.3, 0.4) is 0 Å². The highest BCUT2D eigenvalue weighted by Gasteiger charge is 2.28. The average Bonchev–Trinajstić information content (AvgIpc) is 2.15. The molecule has 0 aliphatic heterocycles. The van der Waals surface area contributed by atoms with Crippen LogP contribution in [0.1, 0.15) is 13.8 Å². The first kappa shape index (κ1) is 14.4. The van der Waals surface area contributed by atoms with E-state index >= 15 is 0 Å². The summed E-state index contributed by atoms with van der Waals surface area (Å²) in [6.45, 7) is 7.31. The van der Waals surface area contributed by atoms with Crippen LogP contribution >= 0.6 is 7.60 Å². The number of esters is 1. The zero-order chi connectivity index (χ0) is 11.7. The van der Waals surface area contributed by atoms with Crippen molar-refractivity contribution in [1.82, 2.24) is 0 Å². The molecular weight excluding hydrogens is 219 g/mol. The molecule has 1 atom stereocenters. The van der Waals surface area contributed by atoms with Crippen molar-refractivity contribution in [1.29, 1.82) is 0 Å². The maximum atomic E-state index is 11.9. The van der Waals surface area contributed by atoms with Crippen molar-refractivity contribution in [3.8, 4) is 0 Å². The van der Waals surface area contributed by atoms with Gasteiger partial charge in [-0.05, 0) is 13.8 Å². The highest BCUT2D eigenvalue weighted by molar-refractivity contribution is 7.54. The Balaban J connectivity index is 4.29. The topological polar surface area (TPSA) is 61.8 Å². The molecule has 0 saturated heterocycles. The molecule has 88 valence electrons. The largest absolute Gasteiger partial charge is 0.466 e. The minimum Gasteiger partial charge on any atom is -0.466 e. The lowest BCUT2D eigenvalue weighted by Gasteiger charge is -2.15. The van der Waals surface area contributed by atoms with E-state index in [1.54, 1.807) is 13.8 Å². The van der Waals surface area contributed by atoms with E-state index in [9.17, 15) is 9.36 Å². The van der Waals surface area contributed by atoms with E-state index in [1.165, 1.54) is 6.08 Å². The molecule has 0 saturated carbocycles. The first-order chi connectivity index (χ1) is 7.08. The lowest BCUT2D eigenvalue weighted by atomic mass is 10.7. The van der Waals surface area contributed by atoms with Crippen molar-refractivity contribution in [2.45, 2.75) is 13.8 Å². The maximum absolute atomic E-state index is 11.9. The number of rotatable bonds is 8. The molecule has 0 heterocycles. The summed E-state index contributed by atoms with van der Waals surface area (Å²) in [7, 11) is -3.37. The molecule has 0 spiro atoms. The third-order valence-corrected chi connectivity index (χ3v) is 3.18. The van der Waals surface area contributed by atoms with Gasteiger partial charge in [0.25, 0.3) is 0 Å². The molecule has 5 nitrogen and oxygen atoms in total. The number of carbonyl (C=O) groups excluding carboxylic acids is 1. The first-order valence-electron chi connectivity index (χ1n) is 4.72. The van der Waals surface area contributed by atoms with Crippen LogP contribution in [0.25, 0.3) is 0 Å². The molecule has 0 bridgehead atoms. The fraction of sp³-hybridized carbons (Fsp3) is 0.667. The summed E-state index contributed by atoms with van der Waals surface area (Å²) in [6.07, 6.45) is 1.08. The molecule has 0 rings (SSSR count). The zero-order valence-electron chi connectivity index (χ0n) is 9.10. The van der Waals surface area contributed by atoms with E-state index in [0.29, 0.717) is 0 Å². The highest BCUT2D eigenvalue weighted by Crippen LogP contribution is 2.47. The standard InChI is InChI=1S/C9H17O5P/c1-4-7-14-15(11,13-6-3)8-9(10)12-5-2/h4H,1,5-8H2,2-3H3. The van der Waals surface area contributed by atoms with Gasteiger partial charge < -0.3 is 13.8 Å². The molecule has 0 aromatic carbocycles. The van der Waals surface area contributed by atoms with E-state index in [2.05, 4.69) is 11.3 Å².